The van der Waals surface area contributed by atoms with Crippen molar-refractivity contribution in [3.63, 3.8) is 0 Å². The minimum atomic E-state index is -2.02. The van der Waals surface area contributed by atoms with Crippen LogP contribution in [0.2, 0.25) is 0 Å². The van der Waals surface area contributed by atoms with E-state index in [9.17, 15) is 156 Å². The maximum absolute atomic E-state index is 13.6. The van der Waals surface area contributed by atoms with Crippen LogP contribution in [0, 0.1) is 0 Å². The molecule has 0 aromatic heterocycles. The Bertz CT molecular complexity index is 3320. The van der Waals surface area contributed by atoms with Crippen LogP contribution in [-0.4, -0.2) is 519 Å². The molecule has 129 heavy (non-hydrogen) atoms. The minimum Gasteiger partial charge on any atom is -0.394 e. The van der Waals surface area contributed by atoms with Gasteiger partial charge >= 0.3 is 5.97 Å². The number of rotatable bonds is 54. The van der Waals surface area contributed by atoms with E-state index in [-0.39, 0.29) is 110 Å². The van der Waals surface area contributed by atoms with Crippen molar-refractivity contribution in [2.75, 3.05) is 125 Å². The summed E-state index contributed by atoms with van der Waals surface area (Å²) < 4.78 is 79.4. The van der Waals surface area contributed by atoms with Gasteiger partial charge in [0, 0.05) is 64.8 Å². The number of aliphatic hydroxyl groups is 24. The van der Waals surface area contributed by atoms with E-state index in [0.717, 1.165) is 0 Å². The SMILES string of the molecule is O=C(CCCCCNC(=O)CN(CC(=O)NCCCCCCN(CCO[C@H]1O[C@H](CO[C@H]2O[C@H](CO)[C@@H](O)[C@H](O)[C@@H]2O)[C@@H](O)[C@H](O[C@H]2O[C@H](CO)[C@@H](O)[C@H](O)[C@@H]2O)[C@@H]1O)CCO[C@@H]1O[C@H](CO)[C@@H](O)[C@H](O)[C@H]1O)CC(=O)NCCCCCC(=O)ON1C(=O)CCC1=O)CCCO[C@H]1O[C@H](CO[C@H]2O[C@H](CO)[C@@H](O)[C@H](O)[C@@H]2O)[C@@H](O)[C@H](O[C@H]2O[C@H](CO)[C@@H](O)[C@H](O)[C@@H]2O)[C@@H]1O. The number of aliphatic hydroxyl groups excluding tert-OH is 24. The molecule has 8 rings (SSSR count). The molecule has 0 aliphatic carbocycles. The Labute approximate surface area is 739 Å². The maximum Gasteiger partial charge on any atom is 0.333 e. The second-order valence-corrected chi connectivity index (χ2v) is 32.8. The van der Waals surface area contributed by atoms with Gasteiger partial charge in [-0.3, -0.25) is 38.6 Å². The van der Waals surface area contributed by atoms with Gasteiger partial charge in [0.25, 0.3) is 11.8 Å². The van der Waals surface area contributed by atoms with Crippen LogP contribution in [0.4, 0.5) is 0 Å². The van der Waals surface area contributed by atoms with E-state index in [4.69, 9.17) is 71.2 Å². The molecule has 0 bridgehead atoms. The van der Waals surface area contributed by atoms with Gasteiger partial charge in [-0.15, -0.1) is 5.06 Å². The van der Waals surface area contributed by atoms with Crippen molar-refractivity contribution in [1.82, 2.24) is 30.8 Å². The normalized spacial score (nSPS) is 37.6. The van der Waals surface area contributed by atoms with Crippen molar-refractivity contribution in [2.24, 2.45) is 0 Å². The third-order valence-corrected chi connectivity index (χ3v) is 23.1. The Hall–Kier alpha value is -4.91. The number of nitrogens with zero attached hydrogens (tertiary/aromatic N) is 3. The van der Waals surface area contributed by atoms with Gasteiger partial charge in [0.2, 0.25) is 17.7 Å². The summed E-state index contributed by atoms with van der Waals surface area (Å²) in [6, 6.07) is 0. The Balaban J connectivity index is 0.808. The van der Waals surface area contributed by atoms with Crippen LogP contribution in [-0.2, 0) is 105 Å². The van der Waals surface area contributed by atoms with Crippen LogP contribution in [0.15, 0.2) is 0 Å². The number of hydrogen-bond acceptors (Lipinski definition) is 48. The molecule has 0 aromatic carbocycles. The van der Waals surface area contributed by atoms with Crippen LogP contribution in [0.1, 0.15) is 103 Å². The highest BCUT2D eigenvalue weighted by atomic mass is 16.8. The molecule has 52 nitrogen and oxygen atoms in total. The number of hydrogen-bond donors (Lipinski definition) is 27. The Morgan fingerprint density at radius 1 is 0.310 bits per heavy atom. The first-order valence-electron chi connectivity index (χ1n) is 43.3. The summed E-state index contributed by atoms with van der Waals surface area (Å²) >= 11 is 0. The van der Waals surface area contributed by atoms with Gasteiger partial charge in [0.1, 0.15) is 177 Å². The molecule has 0 radical (unpaired) electrons. The average molecular weight is 1880 g/mol. The Morgan fingerprint density at radius 3 is 0.984 bits per heavy atom. The molecule has 0 spiro atoms. The molecule has 8 fully saturated rings. The van der Waals surface area contributed by atoms with Crippen LogP contribution >= 0.6 is 0 Å². The van der Waals surface area contributed by atoms with Crippen molar-refractivity contribution >= 4 is 41.3 Å². The number of Topliss-reactive ketones (excluding diaryl/α,β-unsaturated/α-hetero) is 1. The standard InChI is InChI=1S/C77H132N6O46/c84-29-37-50(96)57(103)62(108)71(120-37)116-24-21-81(22-25-117-75-68(114)70(128-77-66(112)61(107)54(100)41(33-88)124-77)56(102)43(126-75)35-119-73-64(110)59(105)52(98)39(31-86)122-73)20-10-2-1-7-17-78-44(90)26-82(28-46(92)80-19-9-4-6-14-49(95)129-83-47(93)15-16-48(83)94)27-45(91)79-18-8-3-5-12-36(89)13-11-23-115-74-67(113)69(127-76-65(111)60(106)53(99)40(32-87)123-76)55(101)42(125-74)34-118-72-63(109)58(104)51(97)38(30-85)121-72/h37-43,50-77,84-88,96-114H,1-35H2,(H,78,90)(H,79,91)(H,80,92)/t37-,38-,39-,40-,41-,42-,43-,50-,51-,52-,53-,54-,55-,56-,57+,58+,59+,60+,61+,62-,63+,64+,65+,66+,67+,68+,69+,70+,71-,72+,73+,74+,75+,76-,77-/m1/s1. The third-order valence-electron chi connectivity index (χ3n) is 23.1. The third kappa shape index (κ3) is 31.6. The summed E-state index contributed by atoms with van der Waals surface area (Å²) in [6.45, 7) is -6.84. The lowest BCUT2D eigenvalue weighted by Gasteiger charge is -2.46. The molecule has 27 N–H and O–H groups in total. The lowest BCUT2D eigenvalue weighted by Crippen LogP contribution is -2.65. The van der Waals surface area contributed by atoms with Crippen molar-refractivity contribution < 1.29 is 227 Å². The fourth-order valence-corrected chi connectivity index (χ4v) is 15.3. The molecule has 0 saturated carbocycles. The fraction of sp³-hybridized carbons (Fsp3) is 0.909. The highest BCUT2D eigenvalue weighted by Gasteiger charge is 2.56. The van der Waals surface area contributed by atoms with E-state index >= 15 is 0 Å². The van der Waals surface area contributed by atoms with Crippen LogP contribution in [0.3, 0.4) is 0 Å². The molecular formula is C77H132N6O46. The molecule has 8 heterocycles. The van der Waals surface area contributed by atoms with E-state index in [0.29, 0.717) is 62.9 Å². The molecule has 746 valence electrons. The molecule has 35 atom stereocenters. The Kier molecular flexibility index (Phi) is 46.4. The summed E-state index contributed by atoms with van der Waals surface area (Å²) in [7, 11) is 0. The highest BCUT2D eigenvalue weighted by Crippen LogP contribution is 2.35. The zero-order chi connectivity index (χ0) is 94.5. The van der Waals surface area contributed by atoms with Gasteiger partial charge in [-0.05, 0) is 51.5 Å². The van der Waals surface area contributed by atoms with Gasteiger partial charge < -0.3 is 210 Å². The number of amides is 5. The second-order valence-electron chi connectivity index (χ2n) is 32.8. The minimum absolute atomic E-state index is 0.00375. The molecule has 8 aliphatic heterocycles. The predicted molar refractivity (Wildman–Crippen MR) is 418 cm³/mol. The number of imide groups is 1. The first-order valence-corrected chi connectivity index (χ1v) is 43.3. The number of ether oxygens (including phenoxy) is 14. The summed E-state index contributed by atoms with van der Waals surface area (Å²) in [4.78, 5) is 97.5. The largest absolute Gasteiger partial charge is 0.394 e. The molecule has 52 heteroatoms. The summed E-state index contributed by atoms with van der Waals surface area (Å²) in [5.74, 6) is -3.92. The summed E-state index contributed by atoms with van der Waals surface area (Å²) in [5.41, 5.74) is 0. The van der Waals surface area contributed by atoms with Crippen LogP contribution in [0.5, 0.6) is 0 Å². The van der Waals surface area contributed by atoms with Crippen molar-refractivity contribution in [2.45, 2.75) is 318 Å². The molecule has 5 amide bonds. The topological polar surface area (TPSA) is 789 Å². The first kappa shape index (κ1) is 109. The molecule has 0 aromatic rings. The van der Waals surface area contributed by atoms with Crippen LogP contribution < -0.4 is 16.0 Å². The van der Waals surface area contributed by atoms with E-state index in [1.54, 1.807) is 4.90 Å². The summed E-state index contributed by atoms with van der Waals surface area (Å²) in [6.07, 6.45) is -57.2. The average Bonchev–Trinajstić information content (AvgIpc) is 1.21. The monoisotopic (exact) mass is 1880 g/mol. The van der Waals surface area contributed by atoms with Crippen molar-refractivity contribution in [3.8, 4) is 0 Å². The van der Waals surface area contributed by atoms with E-state index in [1.807, 2.05) is 0 Å². The van der Waals surface area contributed by atoms with Gasteiger partial charge in [0.15, 0.2) is 44.0 Å². The molecule has 8 aliphatic rings. The number of hydroxylamine groups is 2. The molecule has 0 unspecified atom stereocenters. The quantitative estimate of drug-likeness (QED) is 0.0199. The Morgan fingerprint density at radius 2 is 0.612 bits per heavy atom. The van der Waals surface area contributed by atoms with Crippen molar-refractivity contribution in [1.29, 1.82) is 0 Å². The fourth-order valence-electron chi connectivity index (χ4n) is 15.3. The van der Waals surface area contributed by atoms with Gasteiger partial charge in [-0.2, -0.15) is 0 Å². The second kappa shape index (κ2) is 54.7. The summed E-state index contributed by atoms with van der Waals surface area (Å²) in [5, 5.41) is 261. The first-order chi connectivity index (χ1) is 61.6. The molecule has 8 saturated heterocycles. The smallest absolute Gasteiger partial charge is 0.333 e. The number of nitrogens with one attached hydrogen (secondary N) is 3. The van der Waals surface area contributed by atoms with E-state index in [2.05, 4.69) is 16.0 Å². The van der Waals surface area contributed by atoms with Gasteiger partial charge in [0.05, 0.1) is 85.7 Å². The number of unbranched alkanes of at least 4 members (excludes halogenated alkanes) is 7. The lowest BCUT2D eigenvalue weighted by molar-refractivity contribution is -0.366. The number of carbonyl (C=O) groups excluding carboxylic acids is 7. The van der Waals surface area contributed by atoms with Gasteiger partial charge in [-0.25, -0.2) is 4.79 Å². The van der Waals surface area contributed by atoms with E-state index < -0.39 is 316 Å². The van der Waals surface area contributed by atoms with Crippen LogP contribution in [0.25, 0.3) is 0 Å². The zero-order valence-electron chi connectivity index (χ0n) is 71.0. The number of carbonyl (C=O) groups is 7. The number of ketones is 1. The lowest BCUT2D eigenvalue weighted by atomic mass is 9.96. The van der Waals surface area contributed by atoms with Crippen molar-refractivity contribution in [3.05, 3.63) is 0 Å². The molecular weight excluding hydrogens is 1740 g/mol. The predicted octanol–water partition coefficient (Wildman–Crippen LogP) is -15.7. The zero-order valence-corrected chi connectivity index (χ0v) is 71.0. The van der Waals surface area contributed by atoms with Gasteiger partial charge in [-0.1, -0.05) is 25.7 Å². The van der Waals surface area contributed by atoms with E-state index in [1.165, 1.54) is 4.90 Å². The highest BCUT2D eigenvalue weighted by molar-refractivity contribution is 6.01. The maximum atomic E-state index is 13.6.